The molecule has 1 saturated heterocycles. The van der Waals surface area contributed by atoms with Crippen molar-refractivity contribution in [3.05, 3.63) is 28.5 Å². The maximum absolute atomic E-state index is 10.8. The van der Waals surface area contributed by atoms with Gasteiger partial charge in [-0.15, -0.1) is 0 Å². The lowest BCUT2D eigenvalue weighted by molar-refractivity contribution is 0.247. The van der Waals surface area contributed by atoms with Crippen LogP contribution in [0.2, 0.25) is 0 Å². The summed E-state index contributed by atoms with van der Waals surface area (Å²) < 4.78 is 0.938. The van der Waals surface area contributed by atoms with E-state index in [0.717, 1.165) is 10.2 Å². The van der Waals surface area contributed by atoms with Crippen molar-refractivity contribution in [2.75, 3.05) is 6.54 Å². The lowest BCUT2D eigenvalue weighted by Gasteiger charge is -2.06. The fourth-order valence-corrected chi connectivity index (χ4v) is 1.46. The number of pyridine rings is 1. The van der Waals surface area contributed by atoms with Crippen LogP contribution in [-0.2, 0) is 0 Å². The van der Waals surface area contributed by atoms with Gasteiger partial charge in [0.15, 0.2) is 0 Å². The number of carbonyl (C=O) groups excluding carboxylic acids is 1. The Kier molecular flexibility index (Phi) is 2.18. The van der Waals surface area contributed by atoms with Crippen LogP contribution < -0.4 is 10.6 Å². The van der Waals surface area contributed by atoms with Gasteiger partial charge in [0.2, 0.25) is 0 Å². The summed E-state index contributed by atoms with van der Waals surface area (Å²) in [6, 6.07) is 3.67. The highest BCUT2D eigenvalue weighted by Gasteiger charge is 2.22. The molecule has 68 valence electrons. The fraction of sp³-hybridized carbons (Fsp3) is 0.250. The number of aromatic nitrogens is 1. The van der Waals surface area contributed by atoms with Gasteiger partial charge in [-0.05, 0) is 28.1 Å². The fourth-order valence-electron chi connectivity index (χ4n) is 1.23. The third-order valence-electron chi connectivity index (χ3n) is 1.88. The molecule has 4 nitrogen and oxygen atoms in total. The highest BCUT2D eigenvalue weighted by Crippen LogP contribution is 2.15. The smallest absolute Gasteiger partial charge is 0.315 e. The molecule has 1 fully saturated rings. The van der Waals surface area contributed by atoms with Crippen molar-refractivity contribution >= 4 is 22.0 Å². The zero-order chi connectivity index (χ0) is 9.26. The zero-order valence-electron chi connectivity index (χ0n) is 6.75. The van der Waals surface area contributed by atoms with Crippen molar-refractivity contribution < 1.29 is 4.79 Å². The van der Waals surface area contributed by atoms with Crippen LogP contribution in [0.15, 0.2) is 22.8 Å². The van der Waals surface area contributed by atoms with Crippen LogP contribution in [0.5, 0.6) is 0 Å². The number of hydrogen-bond donors (Lipinski definition) is 2. The molecule has 2 rings (SSSR count). The first-order valence-electron chi connectivity index (χ1n) is 3.91. The van der Waals surface area contributed by atoms with Gasteiger partial charge in [-0.25, -0.2) is 4.79 Å². The molecule has 0 bridgehead atoms. The van der Waals surface area contributed by atoms with E-state index in [2.05, 4.69) is 31.5 Å². The first kappa shape index (κ1) is 8.50. The van der Waals surface area contributed by atoms with E-state index in [-0.39, 0.29) is 12.1 Å². The van der Waals surface area contributed by atoms with Crippen molar-refractivity contribution in [1.82, 2.24) is 15.6 Å². The Hall–Kier alpha value is -1.10. The molecule has 0 spiro atoms. The Balaban J connectivity index is 2.17. The van der Waals surface area contributed by atoms with Crippen molar-refractivity contribution in [3.8, 4) is 0 Å². The van der Waals surface area contributed by atoms with Gasteiger partial charge in [-0.1, -0.05) is 0 Å². The standard InChI is InChI=1S/C8H8BrN3O/c9-5-1-2-6(10-3-5)7-4-11-8(13)12-7/h1-3,7H,4H2,(H2,11,12,13)/t7-/m1/s1. The van der Waals surface area contributed by atoms with Gasteiger partial charge in [0.25, 0.3) is 0 Å². The maximum atomic E-state index is 10.8. The van der Waals surface area contributed by atoms with Crippen LogP contribution in [0.3, 0.4) is 0 Å². The zero-order valence-corrected chi connectivity index (χ0v) is 8.34. The lowest BCUT2D eigenvalue weighted by atomic mass is 10.2. The molecular formula is C8H8BrN3O. The summed E-state index contributed by atoms with van der Waals surface area (Å²) in [5.41, 5.74) is 0.876. The Bertz CT molecular complexity index is 325. The Morgan fingerprint density at radius 1 is 1.54 bits per heavy atom. The highest BCUT2D eigenvalue weighted by molar-refractivity contribution is 9.10. The third-order valence-corrected chi connectivity index (χ3v) is 2.35. The minimum absolute atomic E-state index is 0.000556. The average Bonchev–Trinajstić information content (AvgIpc) is 2.53. The molecule has 2 N–H and O–H groups in total. The molecule has 1 aromatic rings. The van der Waals surface area contributed by atoms with Crippen molar-refractivity contribution in [2.24, 2.45) is 0 Å². The molecule has 0 saturated carbocycles. The van der Waals surface area contributed by atoms with Gasteiger partial charge in [0, 0.05) is 17.2 Å². The molecule has 2 amide bonds. The number of nitrogens with zero attached hydrogens (tertiary/aromatic N) is 1. The van der Waals surface area contributed by atoms with Crippen LogP contribution in [0.4, 0.5) is 4.79 Å². The van der Waals surface area contributed by atoms with E-state index in [4.69, 9.17) is 0 Å². The van der Waals surface area contributed by atoms with Crippen LogP contribution in [0.25, 0.3) is 0 Å². The second-order valence-corrected chi connectivity index (χ2v) is 3.72. The Morgan fingerprint density at radius 2 is 2.38 bits per heavy atom. The third kappa shape index (κ3) is 1.80. The SMILES string of the molecule is O=C1NC[C@H](c2ccc(Br)cn2)N1. The second-order valence-electron chi connectivity index (χ2n) is 2.81. The molecule has 1 atom stereocenters. The van der Waals surface area contributed by atoms with Gasteiger partial charge < -0.3 is 10.6 Å². The predicted molar refractivity (Wildman–Crippen MR) is 51.2 cm³/mol. The first-order chi connectivity index (χ1) is 6.25. The summed E-state index contributed by atoms with van der Waals surface area (Å²) in [4.78, 5) is 15.0. The molecule has 1 aliphatic heterocycles. The van der Waals surface area contributed by atoms with E-state index in [0.29, 0.717) is 6.54 Å². The van der Waals surface area contributed by atoms with Gasteiger partial charge >= 0.3 is 6.03 Å². The highest BCUT2D eigenvalue weighted by atomic mass is 79.9. The monoisotopic (exact) mass is 241 g/mol. The number of carbonyl (C=O) groups is 1. The molecule has 0 radical (unpaired) electrons. The van der Waals surface area contributed by atoms with E-state index in [1.54, 1.807) is 6.20 Å². The number of rotatable bonds is 1. The summed E-state index contributed by atoms with van der Waals surface area (Å²) in [5, 5.41) is 5.44. The summed E-state index contributed by atoms with van der Waals surface area (Å²) in [7, 11) is 0. The molecule has 0 aliphatic carbocycles. The van der Waals surface area contributed by atoms with E-state index in [1.165, 1.54) is 0 Å². The van der Waals surface area contributed by atoms with Gasteiger partial charge in [-0.2, -0.15) is 0 Å². The lowest BCUT2D eigenvalue weighted by Crippen LogP contribution is -2.22. The van der Waals surface area contributed by atoms with Crippen LogP contribution >= 0.6 is 15.9 Å². The van der Waals surface area contributed by atoms with Crippen molar-refractivity contribution in [3.63, 3.8) is 0 Å². The molecule has 1 aliphatic rings. The number of hydrogen-bond acceptors (Lipinski definition) is 2. The number of amides is 2. The molecule has 2 heterocycles. The van der Waals surface area contributed by atoms with Gasteiger partial charge in [0.05, 0.1) is 11.7 Å². The molecular weight excluding hydrogens is 234 g/mol. The summed E-state index contributed by atoms with van der Waals surface area (Å²) >= 11 is 3.30. The molecule has 1 aromatic heterocycles. The maximum Gasteiger partial charge on any atom is 0.315 e. The van der Waals surface area contributed by atoms with Crippen LogP contribution in [0.1, 0.15) is 11.7 Å². The molecule has 0 unspecified atom stereocenters. The second kappa shape index (κ2) is 3.33. The van der Waals surface area contributed by atoms with E-state index >= 15 is 0 Å². The minimum Gasteiger partial charge on any atom is -0.336 e. The normalized spacial score (nSPS) is 21.0. The molecule has 0 aromatic carbocycles. The van der Waals surface area contributed by atoms with Gasteiger partial charge in [0.1, 0.15) is 0 Å². The largest absolute Gasteiger partial charge is 0.336 e. The molecule has 5 heteroatoms. The van der Waals surface area contributed by atoms with E-state index in [1.807, 2.05) is 12.1 Å². The van der Waals surface area contributed by atoms with Gasteiger partial charge in [-0.3, -0.25) is 4.98 Å². The minimum atomic E-state index is -0.130. The number of halogens is 1. The van der Waals surface area contributed by atoms with Crippen LogP contribution in [0, 0.1) is 0 Å². The topological polar surface area (TPSA) is 54.0 Å². The van der Waals surface area contributed by atoms with E-state index < -0.39 is 0 Å². The predicted octanol–water partition coefficient (Wildman–Crippen LogP) is 1.20. The average molecular weight is 242 g/mol. The Labute approximate surface area is 83.9 Å². The van der Waals surface area contributed by atoms with Crippen LogP contribution in [-0.4, -0.2) is 17.6 Å². The Morgan fingerprint density at radius 3 is 2.92 bits per heavy atom. The summed E-state index contributed by atoms with van der Waals surface area (Å²) in [5.74, 6) is 0. The van der Waals surface area contributed by atoms with Crippen molar-refractivity contribution in [2.45, 2.75) is 6.04 Å². The quantitative estimate of drug-likeness (QED) is 0.777. The first-order valence-corrected chi connectivity index (χ1v) is 4.71. The summed E-state index contributed by atoms with van der Waals surface area (Å²) in [6.07, 6.45) is 1.72. The number of nitrogens with one attached hydrogen (secondary N) is 2. The van der Waals surface area contributed by atoms with Crippen molar-refractivity contribution in [1.29, 1.82) is 0 Å². The molecule has 13 heavy (non-hydrogen) atoms. The summed E-state index contributed by atoms with van der Waals surface area (Å²) in [6.45, 7) is 0.605. The number of urea groups is 1. The van der Waals surface area contributed by atoms with E-state index in [9.17, 15) is 4.79 Å².